The van der Waals surface area contributed by atoms with Gasteiger partial charge in [0.2, 0.25) is 5.91 Å². The number of rotatable bonds is 6. The summed E-state index contributed by atoms with van der Waals surface area (Å²) in [7, 11) is 1.63. The second-order valence-electron chi connectivity index (χ2n) is 4.45. The molecule has 0 unspecified atom stereocenters. The lowest BCUT2D eigenvalue weighted by Gasteiger charge is -2.20. The van der Waals surface area contributed by atoms with Crippen molar-refractivity contribution in [3.8, 4) is 11.8 Å². The van der Waals surface area contributed by atoms with Crippen LogP contribution in [-0.2, 0) is 4.79 Å². The van der Waals surface area contributed by atoms with Crippen LogP contribution in [0.5, 0.6) is 5.75 Å². The summed E-state index contributed by atoms with van der Waals surface area (Å²) >= 11 is 0. The summed E-state index contributed by atoms with van der Waals surface area (Å²) in [5.74, 6) is 0.913. The summed E-state index contributed by atoms with van der Waals surface area (Å²) in [5, 5.41) is 8.68. The molecule has 0 bridgehead atoms. The molecule has 0 aliphatic heterocycles. The van der Waals surface area contributed by atoms with Crippen molar-refractivity contribution in [2.75, 3.05) is 20.2 Å². The van der Waals surface area contributed by atoms with E-state index in [0.29, 0.717) is 13.0 Å². The molecular weight excluding hydrogens is 240 g/mol. The van der Waals surface area contributed by atoms with Gasteiger partial charge in [0.25, 0.3) is 0 Å². The molecule has 0 N–H and O–H groups in total. The Balaban J connectivity index is 2.70. The van der Waals surface area contributed by atoms with E-state index in [1.807, 2.05) is 44.2 Å². The van der Waals surface area contributed by atoms with Crippen LogP contribution in [0.2, 0.25) is 0 Å². The summed E-state index contributed by atoms with van der Waals surface area (Å²) in [5.41, 5.74) is 1.07. The molecule has 0 spiro atoms. The monoisotopic (exact) mass is 260 g/mol. The van der Waals surface area contributed by atoms with Crippen molar-refractivity contribution in [1.82, 2.24) is 4.90 Å². The number of hydrogen-bond donors (Lipinski definition) is 0. The van der Waals surface area contributed by atoms with Crippen molar-refractivity contribution < 1.29 is 9.53 Å². The first kappa shape index (κ1) is 15.0. The van der Waals surface area contributed by atoms with Gasteiger partial charge in [-0.1, -0.05) is 19.1 Å². The van der Waals surface area contributed by atoms with Crippen LogP contribution >= 0.6 is 0 Å². The number of methoxy groups -OCH3 is 1. The first-order chi connectivity index (χ1) is 9.12. The highest BCUT2D eigenvalue weighted by Crippen LogP contribution is 2.23. The number of nitrogens with zero attached hydrogens (tertiary/aromatic N) is 2. The summed E-state index contributed by atoms with van der Waals surface area (Å²) in [6.07, 6.45) is 0.405. The zero-order valence-electron chi connectivity index (χ0n) is 11.7. The molecule has 0 heterocycles. The Morgan fingerprint density at radius 2 is 2.26 bits per heavy atom. The number of carbonyl (C=O) groups excluding carboxylic acids is 1. The Bertz CT molecular complexity index is 465. The van der Waals surface area contributed by atoms with Gasteiger partial charge in [0, 0.05) is 13.0 Å². The molecule has 4 heteroatoms. The Kier molecular flexibility index (Phi) is 5.87. The average molecular weight is 260 g/mol. The van der Waals surface area contributed by atoms with Crippen LogP contribution in [0.15, 0.2) is 24.3 Å². The van der Waals surface area contributed by atoms with Gasteiger partial charge in [0.15, 0.2) is 0 Å². The first-order valence-electron chi connectivity index (χ1n) is 6.41. The van der Waals surface area contributed by atoms with Gasteiger partial charge in [-0.25, -0.2) is 0 Å². The third-order valence-corrected chi connectivity index (χ3v) is 3.14. The van der Waals surface area contributed by atoms with Gasteiger partial charge in [-0.05, 0) is 30.5 Å². The van der Waals surface area contributed by atoms with Crippen molar-refractivity contribution in [3.05, 3.63) is 29.8 Å². The molecule has 0 aliphatic rings. The number of hydrogen-bond acceptors (Lipinski definition) is 3. The maximum Gasteiger partial charge on any atom is 0.224 e. The molecule has 1 aromatic carbocycles. The van der Waals surface area contributed by atoms with Crippen molar-refractivity contribution in [1.29, 1.82) is 5.26 Å². The zero-order chi connectivity index (χ0) is 14.3. The van der Waals surface area contributed by atoms with Gasteiger partial charge >= 0.3 is 0 Å². The Labute approximate surface area is 114 Å². The molecule has 102 valence electrons. The van der Waals surface area contributed by atoms with Crippen LogP contribution in [0.25, 0.3) is 0 Å². The summed E-state index contributed by atoms with van der Waals surface area (Å²) < 4.78 is 5.18. The second kappa shape index (κ2) is 7.42. The largest absolute Gasteiger partial charge is 0.497 e. The predicted molar refractivity (Wildman–Crippen MR) is 73.9 cm³/mol. The fraction of sp³-hybridized carbons (Fsp3) is 0.467. The number of benzene rings is 1. The second-order valence-corrected chi connectivity index (χ2v) is 4.45. The standard InChI is InChI=1S/C15H20N2O2/c1-4-17(9-8-16)15(18)10-12(2)13-6-5-7-14(11-13)19-3/h5-7,11-12H,4,9-10H2,1-3H3/t12-/m1/s1. The van der Waals surface area contributed by atoms with Gasteiger partial charge in [0.1, 0.15) is 12.3 Å². The van der Waals surface area contributed by atoms with Gasteiger partial charge in [-0.15, -0.1) is 0 Å². The maximum absolute atomic E-state index is 12.0. The molecule has 1 amide bonds. The highest BCUT2D eigenvalue weighted by molar-refractivity contribution is 5.77. The summed E-state index contributed by atoms with van der Waals surface area (Å²) in [6, 6.07) is 9.75. The zero-order valence-corrected chi connectivity index (χ0v) is 11.7. The molecule has 19 heavy (non-hydrogen) atoms. The van der Waals surface area contributed by atoms with Crippen molar-refractivity contribution >= 4 is 5.91 Å². The number of amides is 1. The van der Waals surface area contributed by atoms with Crippen LogP contribution in [0, 0.1) is 11.3 Å². The van der Waals surface area contributed by atoms with E-state index in [9.17, 15) is 4.79 Å². The van der Waals surface area contributed by atoms with E-state index >= 15 is 0 Å². The molecule has 1 rings (SSSR count). The first-order valence-corrected chi connectivity index (χ1v) is 6.41. The molecule has 0 radical (unpaired) electrons. The fourth-order valence-electron chi connectivity index (χ4n) is 1.92. The molecule has 4 nitrogen and oxygen atoms in total. The SMILES string of the molecule is CCN(CC#N)C(=O)C[C@@H](C)c1cccc(OC)c1. The lowest BCUT2D eigenvalue weighted by atomic mass is 9.97. The van der Waals surface area contributed by atoms with Gasteiger partial charge in [-0.2, -0.15) is 5.26 Å². The van der Waals surface area contributed by atoms with Crippen LogP contribution < -0.4 is 4.74 Å². The van der Waals surface area contributed by atoms with E-state index in [4.69, 9.17) is 10.00 Å². The highest BCUT2D eigenvalue weighted by Gasteiger charge is 2.16. The molecule has 1 aromatic rings. The third-order valence-electron chi connectivity index (χ3n) is 3.14. The number of carbonyl (C=O) groups is 1. The van der Waals surface area contributed by atoms with E-state index in [1.54, 1.807) is 12.0 Å². The lowest BCUT2D eigenvalue weighted by Crippen LogP contribution is -2.31. The Hall–Kier alpha value is -2.02. The van der Waals surface area contributed by atoms with Crippen molar-refractivity contribution in [3.63, 3.8) is 0 Å². The minimum Gasteiger partial charge on any atom is -0.497 e. The summed E-state index contributed by atoms with van der Waals surface area (Å²) in [6.45, 7) is 4.61. The lowest BCUT2D eigenvalue weighted by molar-refractivity contribution is -0.130. The topological polar surface area (TPSA) is 53.3 Å². The molecule has 0 saturated heterocycles. The molecule has 0 aliphatic carbocycles. The number of ether oxygens (including phenoxy) is 1. The smallest absolute Gasteiger partial charge is 0.224 e. The van der Waals surface area contributed by atoms with Gasteiger partial charge in [0.05, 0.1) is 13.2 Å². The molecule has 1 atom stereocenters. The molecular formula is C15H20N2O2. The molecule has 0 fully saturated rings. The Morgan fingerprint density at radius 1 is 1.53 bits per heavy atom. The van der Waals surface area contributed by atoms with Crippen molar-refractivity contribution in [2.24, 2.45) is 0 Å². The van der Waals surface area contributed by atoms with Crippen LogP contribution in [-0.4, -0.2) is 31.0 Å². The fourth-order valence-corrected chi connectivity index (χ4v) is 1.92. The molecule has 0 saturated carbocycles. The van der Waals surface area contributed by atoms with Crippen molar-refractivity contribution in [2.45, 2.75) is 26.2 Å². The van der Waals surface area contributed by atoms with E-state index < -0.39 is 0 Å². The quantitative estimate of drug-likeness (QED) is 0.739. The maximum atomic E-state index is 12.0. The number of nitriles is 1. The summed E-state index contributed by atoms with van der Waals surface area (Å²) in [4.78, 5) is 13.6. The predicted octanol–water partition coefficient (Wildman–Crippen LogP) is 2.56. The minimum atomic E-state index is 0.0133. The highest BCUT2D eigenvalue weighted by atomic mass is 16.5. The third kappa shape index (κ3) is 4.29. The minimum absolute atomic E-state index is 0.0133. The van der Waals surface area contributed by atoms with Crippen LogP contribution in [0.4, 0.5) is 0 Å². The van der Waals surface area contributed by atoms with E-state index in [1.165, 1.54) is 0 Å². The van der Waals surface area contributed by atoms with Gasteiger partial charge in [-0.3, -0.25) is 4.79 Å². The van der Waals surface area contributed by atoms with Crippen LogP contribution in [0.1, 0.15) is 31.7 Å². The average Bonchev–Trinajstić information content (AvgIpc) is 2.44. The van der Waals surface area contributed by atoms with E-state index in [0.717, 1.165) is 11.3 Å². The molecule has 0 aromatic heterocycles. The van der Waals surface area contributed by atoms with Crippen LogP contribution in [0.3, 0.4) is 0 Å². The van der Waals surface area contributed by atoms with Gasteiger partial charge < -0.3 is 9.64 Å². The van der Waals surface area contributed by atoms with E-state index in [-0.39, 0.29) is 18.4 Å². The Morgan fingerprint density at radius 3 is 2.84 bits per heavy atom. The normalized spacial score (nSPS) is 11.5. The van der Waals surface area contributed by atoms with E-state index in [2.05, 4.69) is 0 Å².